The van der Waals surface area contributed by atoms with Crippen molar-refractivity contribution in [3.8, 4) is 0 Å². The first-order chi connectivity index (χ1) is 11.0. The molecule has 0 radical (unpaired) electrons. The molecule has 2 aliphatic heterocycles. The molecule has 23 heavy (non-hydrogen) atoms. The average Bonchev–Trinajstić information content (AvgIpc) is 2.88. The Morgan fingerprint density at radius 2 is 1.96 bits per heavy atom. The van der Waals surface area contributed by atoms with Crippen LogP contribution in [-0.2, 0) is 19.1 Å². The molecule has 0 fully saturated rings. The van der Waals surface area contributed by atoms with Gasteiger partial charge in [0.1, 0.15) is 6.04 Å². The number of hydrogen-bond donors (Lipinski definition) is 1. The third kappa shape index (κ3) is 5.04. The zero-order valence-electron chi connectivity index (χ0n) is 13.2. The van der Waals surface area contributed by atoms with E-state index in [0.717, 1.165) is 0 Å². The van der Waals surface area contributed by atoms with Gasteiger partial charge >= 0.3 is 11.9 Å². The van der Waals surface area contributed by atoms with E-state index in [1.54, 1.807) is 12.6 Å². The zero-order valence-corrected chi connectivity index (χ0v) is 13.2. The number of nitrogens with zero attached hydrogens (tertiary/aromatic N) is 4. The molecule has 0 saturated heterocycles. The van der Waals surface area contributed by atoms with Crippen LogP contribution in [0.3, 0.4) is 0 Å². The van der Waals surface area contributed by atoms with E-state index in [2.05, 4.69) is 15.0 Å². The Morgan fingerprint density at radius 3 is 2.57 bits per heavy atom. The van der Waals surface area contributed by atoms with Crippen molar-refractivity contribution >= 4 is 30.5 Å². The molecular weight excluding hydrogens is 302 g/mol. The summed E-state index contributed by atoms with van der Waals surface area (Å²) < 4.78 is 10.0. The van der Waals surface area contributed by atoms with Gasteiger partial charge in [-0.15, -0.1) is 0 Å². The van der Waals surface area contributed by atoms with Crippen LogP contribution >= 0.6 is 0 Å². The maximum Gasteiger partial charge on any atom is 0.302 e. The van der Waals surface area contributed by atoms with Crippen LogP contribution in [0.5, 0.6) is 0 Å². The number of esters is 2. The number of carbonyl (C=O) groups is 2. The molecule has 0 aromatic carbocycles. The average molecular weight is 323 g/mol. The SMILES string of the molecule is CC(=O)OCC(CCN1C=NC2C=NC(N)=NC21)COC(C)=O. The Bertz CT molecular complexity index is 527. The number of nitrogens with two attached hydrogens (primary N) is 1. The Morgan fingerprint density at radius 1 is 1.30 bits per heavy atom. The molecule has 2 unspecified atom stereocenters. The van der Waals surface area contributed by atoms with Crippen LogP contribution in [0.25, 0.3) is 0 Å². The van der Waals surface area contributed by atoms with Crippen LogP contribution < -0.4 is 5.73 Å². The highest BCUT2D eigenvalue weighted by atomic mass is 16.5. The molecule has 0 spiro atoms. The predicted octanol–water partition coefficient (Wildman–Crippen LogP) is -0.443. The van der Waals surface area contributed by atoms with Gasteiger partial charge in [-0.1, -0.05) is 0 Å². The number of guanidine groups is 1. The molecule has 9 heteroatoms. The highest BCUT2D eigenvalue weighted by Crippen LogP contribution is 2.18. The molecule has 0 amide bonds. The van der Waals surface area contributed by atoms with E-state index < -0.39 is 0 Å². The van der Waals surface area contributed by atoms with Gasteiger partial charge in [0.2, 0.25) is 5.96 Å². The van der Waals surface area contributed by atoms with Crippen LogP contribution in [0, 0.1) is 5.92 Å². The Labute approximate surface area is 134 Å². The molecule has 2 atom stereocenters. The van der Waals surface area contributed by atoms with Crippen LogP contribution in [0.2, 0.25) is 0 Å². The van der Waals surface area contributed by atoms with E-state index in [1.807, 2.05) is 4.90 Å². The van der Waals surface area contributed by atoms with Gasteiger partial charge < -0.3 is 20.1 Å². The number of fused-ring (bicyclic) bond motifs is 1. The molecule has 0 aliphatic carbocycles. The lowest BCUT2D eigenvalue weighted by molar-refractivity contribution is -0.146. The van der Waals surface area contributed by atoms with Crippen molar-refractivity contribution in [1.82, 2.24) is 4.90 Å². The molecule has 0 saturated carbocycles. The largest absolute Gasteiger partial charge is 0.465 e. The quantitative estimate of drug-likeness (QED) is 0.634. The van der Waals surface area contributed by atoms with Crippen LogP contribution in [0.15, 0.2) is 15.0 Å². The van der Waals surface area contributed by atoms with Crippen molar-refractivity contribution in [1.29, 1.82) is 0 Å². The summed E-state index contributed by atoms with van der Waals surface area (Å²) in [6, 6.07) is -0.123. The minimum Gasteiger partial charge on any atom is -0.465 e. The molecular formula is C14H21N5O4. The minimum atomic E-state index is -0.360. The normalized spacial score (nSPS) is 22.0. The van der Waals surface area contributed by atoms with Gasteiger partial charge in [0.25, 0.3) is 0 Å². The summed E-state index contributed by atoms with van der Waals surface area (Å²) in [5, 5.41) is 0. The predicted molar refractivity (Wildman–Crippen MR) is 84.3 cm³/mol. The van der Waals surface area contributed by atoms with Crippen LogP contribution in [0.4, 0.5) is 0 Å². The summed E-state index contributed by atoms with van der Waals surface area (Å²) in [4.78, 5) is 36.4. The molecule has 2 heterocycles. The second kappa shape index (κ2) is 7.70. The second-order valence-corrected chi connectivity index (χ2v) is 5.43. The Balaban J connectivity index is 1.87. The summed E-state index contributed by atoms with van der Waals surface area (Å²) in [6.45, 7) is 3.73. The molecule has 0 aromatic heterocycles. The minimum absolute atomic E-state index is 0.0890. The van der Waals surface area contributed by atoms with E-state index >= 15 is 0 Å². The van der Waals surface area contributed by atoms with E-state index in [-0.39, 0.29) is 49.2 Å². The van der Waals surface area contributed by atoms with Gasteiger partial charge in [0.15, 0.2) is 6.17 Å². The van der Waals surface area contributed by atoms with E-state index in [4.69, 9.17) is 15.2 Å². The summed E-state index contributed by atoms with van der Waals surface area (Å²) in [6.07, 6.45) is 3.87. The molecule has 2 N–H and O–H groups in total. The monoisotopic (exact) mass is 323 g/mol. The van der Waals surface area contributed by atoms with E-state index in [1.165, 1.54) is 13.8 Å². The highest BCUT2D eigenvalue weighted by molar-refractivity contribution is 5.92. The second-order valence-electron chi connectivity index (χ2n) is 5.43. The highest BCUT2D eigenvalue weighted by Gasteiger charge is 2.31. The lowest BCUT2D eigenvalue weighted by atomic mass is 10.1. The summed E-state index contributed by atoms with van der Waals surface area (Å²) in [5.41, 5.74) is 5.63. The van der Waals surface area contributed by atoms with Crippen molar-refractivity contribution in [3.05, 3.63) is 0 Å². The first kappa shape index (κ1) is 16.9. The van der Waals surface area contributed by atoms with Gasteiger partial charge in [-0.3, -0.25) is 14.6 Å². The number of hydrogen-bond acceptors (Lipinski definition) is 9. The molecule has 0 bridgehead atoms. The first-order valence-corrected chi connectivity index (χ1v) is 7.39. The standard InChI is InChI=1S/C14H21N5O4/c1-9(20)22-6-11(7-23-10(2)21)3-4-19-8-17-12-5-16-14(15)18-13(12)19/h5,8,11-13H,3-4,6-7H2,1-2H3,(H2,15,18). The van der Waals surface area contributed by atoms with Crippen molar-refractivity contribution in [2.75, 3.05) is 19.8 Å². The smallest absolute Gasteiger partial charge is 0.302 e. The number of aliphatic imine (C=N–C) groups is 3. The van der Waals surface area contributed by atoms with Crippen molar-refractivity contribution in [2.24, 2.45) is 26.6 Å². The fourth-order valence-corrected chi connectivity index (χ4v) is 2.30. The fourth-order valence-electron chi connectivity index (χ4n) is 2.30. The summed E-state index contributed by atoms with van der Waals surface area (Å²) in [7, 11) is 0. The maximum absolute atomic E-state index is 11.0. The van der Waals surface area contributed by atoms with Crippen molar-refractivity contribution in [3.63, 3.8) is 0 Å². The summed E-state index contributed by atoms with van der Waals surface area (Å²) >= 11 is 0. The van der Waals surface area contributed by atoms with Gasteiger partial charge in [-0.25, -0.2) is 9.98 Å². The molecule has 0 aromatic rings. The summed E-state index contributed by atoms with van der Waals surface area (Å²) in [5.74, 6) is -0.574. The molecule has 2 aliphatic rings. The van der Waals surface area contributed by atoms with Crippen LogP contribution in [-0.4, -0.2) is 67.3 Å². The zero-order chi connectivity index (χ0) is 16.8. The van der Waals surface area contributed by atoms with E-state index in [9.17, 15) is 9.59 Å². The van der Waals surface area contributed by atoms with Gasteiger partial charge in [0, 0.05) is 32.5 Å². The number of carbonyl (C=O) groups excluding carboxylic acids is 2. The third-order valence-corrected chi connectivity index (χ3v) is 3.50. The number of ether oxygens (including phenoxy) is 2. The molecule has 126 valence electrons. The van der Waals surface area contributed by atoms with Gasteiger partial charge in [-0.05, 0) is 6.42 Å². The fraction of sp³-hybridized carbons (Fsp3) is 0.643. The van der Waals surface area contributed by atoms with Gasteiger partial charge in [0.05, 0.1) is 19.6 Å². The number of rotatable bonds is 7. The van der Waals surface area contributed by atoms with Crippen LogP contribution in [0.1, 0.15) is 20.3 Å². The molecule has 9 nitrogen and oxygen atoms in total. The first-order valence-electron chi connectivity index (χ1n) is 7.39. The lowest BCUT2D eigenvalue weighted by Gasteiger charge is -2.26. The lowest BCUT2D eigenvalue weighted by Crippen LogP contribution is -2.41. The topological polar surface area (TPSA) is 119 Å². The van der Waals surface area contributed by atoms with E-state index in [0.29, 0.717) is 13.0 Å². The Hall–Kier alpha value is -2.45. The maximum atomic E-state index is 11.0. The third-order valence-electron chi connectivity index (χ3n) is 3.50. The van der Waals surface area contributed by atoms with Crippen molar-refractivity contribution < 1.29 is 19.1 Å². The molecule has 2 rings (SSSR count). The van der Waals surface area contributed by atoms with Gasteiger partial charge in [-0.2, -0.15) is 0 Å². The van der Waals surface area contributed by atoms with Crippen molar-refractivity contribution in [2.45, 2.75) is 32.5 Å². The Kier molecular flexibility index (Phi) is 5.67.